The number of hydrogen-bond acceptors (Lipinski definition) is 1. The molecule has 0 fully saturated rings. The van der Waals surface area contributed by atoms with Crippen molar-refractivity contribution >= 4 is 11.5 Å². The van der Waals surface area contributed by atoms with Crippen molar-refractivity contribution in [3.8, 4) is 0 Å². The zero-order chi connectivity index (χ0) is 12.4. The van der Waals surface area contributed by atoms with Crippen molar-refractivity contribution in [2.24, 2.45) is 0 Å². The second kappa shape index (κ2) is 4.70. The van der Waals surface area contributed by atoms with Gasteiger partial charge in [-0.2, -0.15) is 0 Å². The Hall–Kier alpha value is -1.64. The molecule has 0 heterocycles. The maximum absolute atomic E-state index is 13.1. The summed E-state index contributed by atoms with van der Waals surface area (Å²) >= 11 is 0. The van der Waals surface area contributed by atoms with Crippen molar-refractivity contribution in [3.63, 3.8) is 0 Å². The number of amidine groups is 1. The average Bonchev–Trinajstić information content (AvgIpc) is 2.73. The van der Waals surface area contributed by atoms with Crippen LogP contribution < -0.4 is 4.90 Å². The number of anilines is 1. The van der Waals surface area contributed by atoms with Gasteiger partial charge in [0, 0.05) is 12.7 Å². The van der Waals surface area contributed by atoms with E-state index in [2.05, 4.69) is 6.92 Å². The highest BCUT2D eigenvalue weighted by Crippen LogP contribution is 2.28. The number of nitrogens with one attached hydrogen (secondary N) is 1. The zero-order valence-corrected chi connectivity index (χ0v) is 10.3. The third kappa shape index (κ3) is 2.38. The minimum Gasteiger partial charge on any atom is -0.330 e. The maximum Gasteiger partial charge on any atom is 0.128 e. The van der Waals surface area contributed by atoms with Gasteiger partial charge in [0.1, 0.15) is 11.7 Å². The summed E-state index contributed by atoms with van der Waals surface area (Å²) in [7, 11) is 1.82. The van der Waals surface area contributed by atoms with Gasteiger partial charge in [0.25, 0.3) is 0 Å². The lowest BCUT2D eigenvalue weighted by atomic mass is 10.1. The molecule has 2 rings (SSSR count). The molecule has 17 heavy (non-hydrogen) atoms. The monoisotopic (exact) mass is 232 g/mol. The molecule has 1 aliphatic carbocycles. The molecule has 0 amide bonds. The van der Waals surface area contributed by atoms with E-state index < -0.39 is 0 Å². The van der Waals surface area contributed by atoms with Gasteiger partial charge in [0.15, 0.2) is 0 Å². The van der Waals surface area contributed by atoms with Gasteiger partial charge in [-0.3, -0.25) is 5.41 Å². The molecule has 0 saturated carbocycles. The quantitative estimate of drug-likeness (QED) is 0.610. The molecule has 0 unspecified atom stereocenters. The fourth-order valence-corrected chi connectivity index (χ4v) is 2.23. The molecule has 0 saturated heterocycles. The highest BCUT2D eigenvalue weighted by Gasteiger charge is 2.18. The Labute approximate surface area is 101 Å². The first kappa shape index (κ1) is 11.8. The summed E-state index contributed by atoms with van der Waals surface area (Å²) in [6, 6.07) is 6.37. The van der Waals surface area contributed by atoms with Crippen LogP contribution in [0, 0.1) is 11.2 Å². The van der Waals surface area contributed by atoms with Crippen LogP contribution in [0.3, 0.4) is 0 Å². The Balaban J connectivity index is 2.23. The van der Waals surface area contributed by atoms with Crippen molar-refractivity contribution in [1.29, 1.82) is 5.41 Å². The van der Waals surface area contributed by atoms with Gasteiger partial charge in [-0.1, -0.05) is 11.6 Å². The SMILES string of the molecule is CC1=C(C(=N)N(C)c2cccc(F)c2)CCC1. The van der Waals surface area contributed by atoms with E-state index in [4.69, 9.17) is 5.41 Å². The molecule has 0 aromatic heterocycles. The summed E-state index contributed by atoms with van der Waals surface area (Å²) in [5.74, 6) is 0.227. The summed E-state index contributed by atoms with van der Waals surface area (Å²) in [6.45, 7) is 2.08. The highest BCUT2D eigenvalue weighted by atomic mass is 19.1. The molecule has 1 N–H and O–H groups in total. The Kier molecular flexibility index (Phi) is 3.27. The number of rotatable bonds is 2. The molecule has 1 aromatic rings. The summed E-state index contributed by atoms with van der Waals surface area (Å²) in [5, 5.41) is 8.18. The van der Waals surface area contributed by atoms with Crippen molar-refractivity contribution in [2.45, 2.75) is 26.2 Å². The van der Waals surface area contributed by atoms with E-state index in [0.29, 0.717) is 5.84 Å². The largest absolute Gasteiger partial charge is 0.330 e. The topological polar surface area (TPSA) is 27.1 Å². The Morgan fingerprint density at radius 3 is 2.71 bits per heavy atom. The second-order valence-electron chi connectivity index (χ2n) is 4.50. The summed E-state index contributed by atoms with van der Waals surface area (Å²) in [6.07, 6.45) is 3.17. The van der Waals surface area contributed by atoms with Gasteiger partial charge < -0.3 is 4.90 Å². The van der Waals surface area contributed by atoms with E-state index >= 15 is 0 Å². The molecular formula is C14H17FN2. The minimum absolute atomic E-state index is 0.265. The minimum atomic E-state index is -0.265. The van der Waals surface area contributed by atoms with Crippen LogP contribution in [0.4, 0.5) is 10.1 Å². The molecule has 0 aliphatic heterocycles. The molecule has 0 bridgehead atoms. The van der Waals surface area contributed by atoms with Gasteiger partial charge in [-0.15, -0.1) is 0 Å². The van der Waals surface area contributed by atoms with E-state index in [9.17, 15) is 4.39 Å². The van der Waals surface area contributed by atoms with Gasteiger partial charge >= 0.3 is 0 Å². The van der Waals surface area contributed by atoms with E-state index in [0.717, 1.165) is 30.5 Å². The van der Waals surface area contributed by atoms with Crippen LogP contribution in [0.2, 0.25) is 0 Å². The van der Waals surface area contributed by atoms with Crippen LogP contribution in [0.15, 0.2) is 35.4 Å². The van der Waals surface area contributed by atoms with Crippen molar-refractivity contribution in [1.82, 2.24) is 0 Å². The number of halogens is 1. The fraction of sp³-hybridized carbons (Fsp3) is 0.357. The first-order chi connectivity index (χ1) is 8.09. The predicted octanol–water partition coefficient (Wildman–Crippen LogP) is 3.74. The molecule has 0 atom stereocenters. The molecule has 90 valence electrons. The third-order valence-corrected chi connectivity index (χ3v) is 3.31. The van der Waals surface area contributed by atoms with E-state index in [-0.39, 0.29) is 5.82 Å². The first-order valence-electron chi connectivity index (χ1n) is 5.86. The average molecular weight is 232 g/mol. The van der Waals surface area contributed by atoms with E-state index in [1.807, 2.05) is 13.1 Å². The lowest BCUT2D eigenvalue weighted by molar-refractivity contribution is 0.628. The fourth-order valence-electron chi connectivity index (χ4n) is 2.23. The summed E-state index contributed by atoms with van der Waals surface area (Å²) < 4.78 is 13.1. The number of likely N-dealkylation sites (N-methyl/N-ethyl adjacent to an activating group) is 1. The third-order valence-electron chi connectivity index (χ3n) is 3.31. The molecule has 1 aliphatic rings. The number of hydrogen-bond donors (Lipinski definition) is 1. The van der Waals surface area contributed by atoms with Crippen molar-refractivity contribution < 1.29 is 4.39 Å². The van der Waals surface area contributed by atoms with Crippen LogP contribution in [-0.2, 0) is 0 Å². The Morgan fingerprint density at radius 1 is 1.35 bits per heavy atom. The van der Waals surface area contributed by atoms with Crippen LogP contribution in [0.5, 0.6) is 0 Å². The Morgan fingerprint density at radius 2 is 2.12 bits per heavy atom. The van der Waals surface area contributed by atoms with Gasteiger partial charge in [-0.05, 0) is 50.0 Å². The van der Waals surface area contributed by atoms with Crippen LogP contribution in [-0.4, -0.2) is 12.9 Å². The van der Waals surface area contributed by atoms with E-state index in [1.165, 1.54) is 17.7 Å². The van der Waals surface area contributed by atoms with E-state index in [1.54, 1.807) is 11.0 Å². The number of allylic oxidation sites excluding steroid dienone is 1. The van der Waals surface area contributed by atoms with Crippen molar-refractivity contribution in [3.05, 3.63) is 41.2 Å². The summed E-state index contributed by atoms with van der Waals surface area (Å²) in [5.41, 5.74) is 3.12. The number of nitrogens with zero attached hydrogens (tertiary/aromatic N) is 1. The molecule has 1 aromatic carbocycles. The van der Waals surface area contributed by atoms with Crippen LogP contribution in [0.25, 0.3) is 0 Å². The second-order valence-corrected chi connectivity index (χ2v) is 4.50. The lowest BCUT2D eigenvalue weighted by Crippen LogP contribution is -2.27. The Bertz CT molecular complexity index is 477. The standard InChI is InChI=1S/C14H17FN2/c1-10-5-3-8-13(10)14(16)17(2)12-7-4-6-11(15)9-12/h4,6-7,9,16H,3,5,8H2,1-2H3. The molecule has 3 heteroatoms. The maximum atomic E-state index is 13.1. The molecule has 0 spiro atoms. The van der Waals surface area contributed by atoms with Gasteiger partial charge in [0.05, 0.1) is 0 Å². The normalized spacial score (nSPS) is 15.2. The van der Waals surface area contributed by atoms with Gasteiger partial charge in [0.2, 0.25) is 0 Å². The summed E-state index contributed by atoms with van der Waals surface area (Å²) in [4.78, 5) is 1.74. The lowest BCUT2D eigenvalue weighted by Gasteiger charge is -2.21. The van der Waals surface area contributed by atoms with Gasteiger partial charge in [-0.25, -0.2) is 4.39 Å². The predicted molar refractivity (Wildman–Crippen MR) is 69.1 cm³/mol. The molecular weight excluding hydrogens is 215 g/mol. The molecule has 2 nitrogen and oxygen atoms in total. The molecule has 0 radical (unpaired) electrons. The van der Waals surface area contributed by atoms with Crippen LogP contribution in [0.1, 0.15) is 26.2 Å². The number of benzene rings is 1. The smallest absolute Gasteiger partial charge is 0.128 e. The zero-order valence-electron chi connectivity index (χ0n) is 10.3. The van der Waals surface area contributed by atoms with Crippen LogP contribution >= 0.6 is 0 Å². The first-order valence-corrected chi connectivity index (χ1v) is 5.86. The highest BCUT2D eigenvalue weighted by molar-refractivity contribution is 6.07. The van der Waals surface area contributed by atoms with Crippen molar-refractivity contribution in [2.75, 3.05) is 11.9 Å².